The van der Waals surface area contributed by atoms with E-state index in [-0.39, 0.29) is 18.7 Å². The SMILES string of the molecule is CCc1c(F)cc(C(=O)CCN)cc1OC. The molecule has 0 saturated heterocycles. The lowest BCUT2D eigenvalue weighted by Crippen LogP contribution is -2.09. The highest BCUT2D eigenvalue weighted by Crippen LogP contribution is 2.24. The lowest BCUT2D eigenvalue weighted by molar-refractivity contribution is 0.0984. The van der Waals surface area contributed by atoms with E-state index in [0.29, 0.717) is 23.3 Å². The van der Waals surface area contributed by atoms with E-state index in [2.05, 4.69) is 0 Å². The molecule has 0 aliphatic heterocycles. The van der Waals surface area contributed by atoms with Crippen molar-refractivity contribution in [2.45, 2.75) is 19.8 Å². The van der Waals surface area contributed by atoms with Crippen molar-refractivity contribution in [1.29, 1.82) is 0 Å². The molecule has 16 heavy (non-hydrogen) atoms. The molecule has 1 aromatic rings. The van der Waals surface area contributed by atoms with Gasteiger partial charge in [0, 0.05) is 17.5 Å². The maximum absolute atomic E-state index is 13.6. The summed E-state index contributed by atoms with van der Waals surface area (Å²) in [4.78, 5) is 11.6. The van der Waals surface area contributed by atoms with Gasteiger partial charge in [0.25, 0.3) is 0 Å². The molecule has 4 heteroatoms. The van der Waals surface area contributed by atoms with Crippen LogP contribution >= 0.6 is 0 Å². The van der Waals surface area contributed by atoms with E-state index in [4.69, 9.17) is 10.5 Å². The van der Waals surface area contributed by atoms with E-state index in [9.17, 15) is 9.18 Å². The van der Waals surface area contributed by atoms with E-state index in [1.165, 1.54) is 13.2 Å². The Morgan fingerprint density at radius 2 is 2.19 bits per heavy atom. The first-order valence-electron chi connectivity index (χ1n) is 5.23. The Balaban J connectivity index is 3.15. The van der Waals surface area contributed by atoms with Gasteiger partial charge in [-0.3, -0.25) is 4.79 Å². The number of hydrogen-bond donors (Lipinski definition) is 1. The average Bonchev–Trinajstić information content (AvgIpc) is 2.28. The van der Waals surface area contributed by atoms with Crippen molar-refractivity contribution in [2.24, 2.45) is 5.73 Å². The van der Waals surface area contributed by atoms with Crippen molar-refractivity contribution in [3.63, 3.8) is 0 Å². The van der Waals surface area contributed by atoms with E-state index in [1.807, 2.05) is 6.92 Å². The van der Waals surface area contributed by atoms with E-state index in [0.717, 1.165) is 0 Å². The number of ether oxygens (including phenoxy) is 1. The smallest absolute Gasteiger partial charge is 0.164 e. The van der Waals surface area contributed by atoms with Crippen molar-refractivity contribution < 1.29 is 13.9 Å². The summed E-state index contributed by atoms with van der Waals surface area (Å²) < 4.78 is 18.7. The van der Waals surface area contributed by atoms with Gasteiger partial charge in [-0.05, 0) is 25.1 Å². The maximum atomic E-state index is 13.6. The Morgan fingerprint density at radius 1 is 1.50 bits per heavy atom. The van der Waals surface area contributed by atoms with Crippen LogP contribution in [0.3, 0.4) is 0 Å². The minimum absolute atomic E-state index is 0.164. The number of Topliss-reactive ketones (excluding diaryl/α,β-unsaturated/α-hetero) is 1. The second-order valence-electron chi connectivity index (χ2n) is 3.45. The van der Waals surface area contributed by atoms with Crippen LogP contribution in [-0.2, 0) is 6.42 Å². The first-order valence-corrected chi connectivity index (χ1v) is 5.23. The van der Waals surface area contributed by atoms with Crippen molar-refractivity contribution >= 4 is 5.78 Å². The first kappa shape index (κ1) is 12.6. The third kappa shape index (κ3) is 2.58. The van der Waals surface area contributed by atoms with Crippen LogP contribution < -0.4 is 10.5 Å². The Morgan fingerprint density at radius 3 is 2.69 bits per heavy atom. The highest BCUT2D eigenvalue weighted by Gasteiger charge is 2.13. The number of carbonyl (C=O) groups is 1. The first-order chi connectivity index (χ1) is 7.63. The fraction of sp³-hybridized carbons (Fsp3) is 0.417. The predicted molar refractivity (Wildman–Crippen MR) is 60.3 cm³/mol. The molecule has 2 N–H and O–H groups in total. The standard InChI is InChI=1S/C12H16FNO2/c1-3-9-10(13)6-8(7-12(9)16-2)11(15)4-5-14/h6-7H,3-5,14H2,1-2H3. The lowest BCUT2D eigenvalue weighted by atomic mass is 10.0. The second-order valence-corrected chi connectivity index (χ2v) is 3.45. The van der Waals surface area contributed by atoms with E-state index >= 15 is 0 Å². The Kier molecular flexibility index (Phi) is 4.43. The monoisotopic (exact) mass is 225 g/mol. The molecule has 0 saturated carbocycles. The van der Waals surface area contributed by atoms with Crippen molar-refractivity contribution in [2.75, 3.05) is 13.7 Å². The van der Waals surface area contributed by atoms with Gasteiger partial charge in [0.2, 0.25) is 0 Å². The van der Waals surface area contributed by atoms with E-state index < -0.39 is 5.82 Å². The van der Waals surface area contributed by atoms with Crippen LogP contribution in [0.15, 0.2) is 12.1 Å². The number of ketones is 1. The molecule has 1 rings (SSSR count). The third-order valence-corrected chi connectivity index (χ3v) is 2.42. The summed E-state index contributed by atoms with van der Waals surface area (Å²) in [6.45, 7) is 2.10. The fourth-order valence-electron chi connectivity index (χ4n) is 1.57. The van der Waals surface area contributed by atoms with Crippen LogP contribution in [0.4, 0.5) is 4.39 Å². The molecule has 0 aliphatic rings. The van der Waals surface area contributed by atoms with Crippen LogP contribution in [0.1, 0.15) is 29.3 Å². The normalized spacial score (nSPS) is 10.2. The number of benzene rings is 1. The van der Waals surface area contributed by atoms with Crippen LogP contribution in [0, 0.1) is 5.82 Å². The summed E-state index contributed by atoms with van der Waals surface area (Å²) in [6.07, 6.45) is 0.744. The minimum Gasteiger partial charge on any atom is -0.496 e. The second kappa shape index (κ2) is 5.61. The number of methoxy groups -OCH3 is 1. The number of hydrogen-bond acceptors (Lipinski definition) is 3. The molecule has 0 spiro atoms. The highest BCUT2D eigenvalue weighted by molar-refractivity contribution is 5.96. The summed E-state index contributed by atoms with van der Waals surface area (Å²) >= 11 is 0. The van der Waals surface area contributed by atoms with Crippen LogP contribution in [0.25, 0.3) is 0 Å². The Bertz CT molecular complexity index is 391. The van der Waals surface area contributed by atoms with Crippen LogP contribution in [-0.4, -0.2) is 19.4 Å². The molecule has 88 valence electrons. The van der Waals surface area contributed by atoms with Gasteiger partial charge < -0.3 is 10.5 Å². The largest absolute Gasteiger partial charge is 0.496 e. The zero-order chi connectivity index (χ0) is 12.1. The van der Waals surface area contributed by atoms with Gasteiger partial charge in [-0.1, -0.05) is 6.92 Å². The summed E-state index contributed by atoms with van der Waals surface area (Å²) in [7, 11) is 1.46. The maximum Gasteiger partial charge on any atom is 0.164 e. The number of carbonyl (C=O) groups excluding carboxylic acids is 1. The highest BCUT2D eigenvalue weighted by atomic mass is 19.1. The van der Waals surface area contributed by atoms with Gasteiger partial charge in [0.05, 0.1) is 7.11 Å². The molecule has 0 radical (unpaired) electrons. The molecule has 0 amide bonds. The zero-order valence-corrected chi connectivity index (χ0v) is 9.55. The van der Waals surface area contributed by atoms with Crippen LogP contribution in [0.5, 0.6) is 5.75 Å². The quantitative estimate of drug-likeness (QED) is 0.779. The van der Waals surface area contributed by atoms with Crippen molar-refractivity contribution in [1.82, 2.24) is 0 Å². The molecule has 0 bridgehead atoms. The number of halogens is 1. The van der Waals surface area contributed by atoms with Gasteiger partial charge in [-0.25, -0.2) is 4.39 Å². The van der Waals surface area contributed by atoms with Gasteiger partial charge in [-0.15, -0.1) is 0 Å². The molecule has 0 fully saturated rings. The van der Waals surface area contributed by atoms with Gasteiger partial charge >= 0.3 is 0 Å². The molecular weight excluding hydrogens is 209 g/mol. The van der Waals surface area contributed by atoms with Gasteiger partial charge in [0.1, 0.15) is 11.6 Å². The van der Waals surface area contributed by atoms with Crippen molar-refractivity contribution in [3.8, 4) is 5.75 Å². The Hall–Kier alpha value is -1.42. The molecule has 1 aromatic carbocycles. The van der Waals surface area contributed by atoms with Gasteiger partial charge in [0.15, 0.2) is 5.78 Å². The summed E-state index contributed by atoms with van der Waals surface area (Å²) in [5, 5.41) is 0. The summed E-state index contributed by atoms with van der Waals surface area (Å²) in [5.74, 6) is -0.146. The third-order valence-electron chi connectivity index (χ3n) is 2.42. The molecular formula is C12H16FNO2. The van der Waals surface area contributed by atoms with Gasteiger partial charge in [-0.2, -0.15) is 0 Å². The topological polar surface area (TPSA) is 52.3 Å². The Labute approximate surface area is 94.4 Å². The molecule has 0 unspecified atom stereocenters. The van der Waals surface area contributed by atoms with Crippen LogP contribution in [0.2, 0.25) is 0 Å². The lowest BCUT2D eigenvalue weighted by Gasteiger charge is -2.10. The molecule has 0 heterocycles. The van der Waals surface area contributed by atoms with Crippen molar-refractivity contribution in [3.05, 3.63) is 29.1 Å². The summed E-state index contributed by atoms with van der Waals surface area (Å²) in [5.41, 5.74) is 6.09. The predicted octanol–water partition coefficient (Wildman–Crippen LogP) is 1.93. The number of rotatable bonds is 5. The summed E-state index contributed by atoms with van der Waals surface area (Å²) in [6, 6.07) is 2.82. The number of nitrogens with two attached hydrogens (primary N) is 1. The average molecular weight is 225 g/mol. The molecule has 0 atom stereocenters. The minimum atomic E-state index is -0.401. The van der Waals surface area contributed by atoms with E-state index in [1.54, 1.807) is 6.07 Å². The molecule has 3 nitrogen and oxygen atoms in total. The molecule has 0 aromatic heterocycles. The molecule has 0 aliphatic carbocycles. The fourth-order valence-corrected chi connectivity index (χ4v) is 1.57. The zero-order valence-electron chi connectivity index (χ0n) is 9.55.